The summed E-state index contributed by atoms with van der Waals surface area (Å²) in [7, 11) is 2.81. The van der Waals surface area contributed by atoms with Crippen LogP contribution in [-0.2, 0) is 9.59 Å². The van der Waals surface area contributed by atoms with Crippen LogP contribution < -0.4 is 19.9 Å². The number of hydrogen-bond donors (Lipinski definition) is 2. The van der Waals surface area contributed by atoms with Gasteiger partial charge in [0.1, 0.15) is 5.57 Å². The zero-order valence-corrected chi connectivity index (χ0v) is 15.5. The van der Waals surface area contributed by atoms with Gasteiger partial charge in [-0.05, 0) is 60.9 Å². The van der Waals surface area contributed by atoms with Crippen LogP contribution in [0.4, 0.5) is 5.69 Å². The smallest absolute Gasteiger partial charge is 0.282 e. The van der Waals surface area contributed by atoms with Gasteiger partial charge in [0, 0.05) is 0 Å². The summed E-state index contributed by atoms with van der Waals surface area (Å²) < 4.78 is 10.2. The van der Waals surface area contributed by atoms with E-state index in [1.807, 2.05) is 26.0 Å². The number of hydrogen-bond acceptors (Lipinski definition) is 5. The van der Waals surface area contributed by atoms with Gasteiger partial charge in [-0.1, -0.05) is 6.07 Å². The van der Waals surface area contributed by atoms with Crippen LogP contribution in [0.15, 0.2) is 35.9 Å². The van der Waals surface area contributed by atoms with Crippen LogP contribution in [0, 0.1) is 13.8 Å². The lowest BCUT2D eigenvalue weighted by Gasteiger charge is -2.16. The van der Waals surface area contributed by atoms with Gasteiger partial charge in [0.2, 0.25) is 5.75 Å². The van der Waals surface area contributed by atoms with Gasteiger partial charge in [0.15, 0.2) is 11.5 Å². The second-order valence-electron chi connectivity index (χ2n) is 6.18. The molecule has 1 fully saturated rings. The van der Waals surface area contributed by atoms with E-state index in [1.54, 1.807) is 6.07 Å². The van der Waals surface area contributed by atoms with Gasteiger partial charge in [-0.2, -0.15) is 0 Å². The molecule has 2 aromatic carbocycles. The van der Waals surface area contributed by atoms with Crippen molar-refractivity contribution in [1.82, 2.24) is 5.43 Å². The average molecular weight is 368 g/mol. The van der Waals surface area contributed by atoms with Crippen LogP contribution in [-0.4, -0.2) is 31.1 Å². The number of methoxy groups -OCH3 is 2. The maximum absolute atomic E-state index is 12.8. The quantitative estimate of drug-likeness (QED) is 0.639. The van der Waals surface area contributed by atoms with E-state index in [2.05, 4.69) is 5.43 Å². The lowest BCUT2D eigenvalue weighted by Crippen LogP contribution is -2.35. The number of nitrogens with one attached hydrogen (secondary N) is 1. The van der Waals surface area contributed by atoms with Crippen LogP contribution in [0.5, 0.6) is 17.2 Å². The van der Waals surface area contributed by atoms with Crippen molar-refractivity contribution in [2.45, 2.75) is 13.8 Å². The van der Waals surface area contributed by atoms with E-state index in [9.17, 15) is 14.7 Å². The van der Waals surface area contributed by atoms with Crippen molar-refractivity contribution in [3.05, 3.63) is 52.6 Å². The molecule has 7 nitrogen and oxygen atoms in total. The van der Waals surface area contributed by atoms with E-state index in [-0.39, 0.29) is 22.8 Å². The molecule has 0 spiro atoms. The molecule has 0 radical (unpaired) electrons. The number of ether oxygens (including phenoxy) is 2. The summed E-state index contributed by atoms with van der Waals surface area (Å²) in [5, 5.41) is 11.2. The summed E-state index contributed by atoms with van der Waals surface area (Å²) >= 11 is 0. The standard InChI is InChI=1S/C20H20N2O5/c1-11-5-6-14(7-12(11)2)22-20(25)15(19(24)21-22)8-13-9-16(26-3)18(23)17(10-13)27-4/h5-10,23H,1-4H3,(H,21,24). The molecular formula is C20H20N2O5. The molecule has 0 aromatic heterocycles. The van der Waals surface area contributed by atoms with E-state index >= 15 is 0 Å². The van der Waals surface area contributed by atoms with Crippen molar-refractivity contribution in [3.8, 4) is 17.2 Å². The predicted octanol–water partition coefficient (Wildman–Crippen LogP) is 2.49. The number of aryl methyl sites for hydroxylation is 2. The summed E-state index contributed by atoms with van der Waals surface area (Å²) in [6, 6.07) is 8.54. The first kappa shape index (κ1) is 18.3. The van der Waals surface area contributed by atoms with Crippen molar-refractivity contribution in [2.24, 2.45) is 0 Å². The van der Waals surface area contributed by atoms with E-state index < -0.39 is 11.8 Å². The summed E-state index contributed by atoms with van der Waals surface area (Å²) in [5.41, 5.74) is 5.72. The largest absolute Gasteiger partial charge is 0.502 e. The van der Waals surface area contributed by atoms with Crippen LogP contribution >= 0.6 is 0 Å². The van der Waals surface area contributed by atoms with Gasteiger partial charge in [0.05, 0.1) is 19.9 Å². The second-order valence-corrected chi connectivity index (χ2v) is 6.18. The zero-order valence-electron chi connectivity index (χ0n) is 15.5. The molecule has 0 atom stereocenters. The first-order valence-corrected chi connectivity index (χ1v) is 8.25. The highest BCUT2D eigenvalue weighted by atomic mass is 16.5. The monoisotopic (exact) mass is 368 g/mol. The Bertz CT molecular complexity index is 940. The molecular weight excluding hydrogens is 348 g/mol. The van der Waals surface area contributed by atoms with Gasteiger partial charge in [-0.25, -0.2) is 5.01 Å². The van der Waals surface area contributed by atoms with Crippen molar-refractivity contribution >= 4 is 23.6 Å². The molecule has 1 aliphatic heterocycles. The number of rotatable bonds is 4. The molecule has 7 heteroatoms. The minimum Gasteiger partial charge on any atom is -0.502 e. The molecule has 27 heavy (non-hydrogen) atoms. The van der Waals surface area contributed by atoms with Gasteiger partial charge in [-0.15, -0.1) is 0 Å². The summed E-state index contributed by atoms with van der Waals surface area (Å²) in [5.74, 6) is -0.768. The number of benzene rings is 2. The minimum atomic E-state index is -0.510. The Hall–Kier alpha value is -3.48. The van der Waals surface area contributed by atoms with E-state index in [0.29, 0.717) is 11.3 Å². The first-order chi connectivity index (χ1) is 12.8. The van der Waals surface area contributed by atoms with Crippen LogP contribution in [0.2, 0.25) is 0 Å². The van der Waals surface area contributed by atoms with Gasteiger partial charge in [0.25, 0.3) is 11.8 Å². The van der Waals surface area contributed by atoms with Crippen LogP contribution in [0.3, 0.4) is 0 Å². The number of nitrogens with zero attached hydrogens (tertiary/aromatic N) is 1. The van der Waals surface area contributed by atoms with Crippen molar-refractivity contribution in [1.29, 1.82) is 0 Å². The van der Waals surface area contributed by atoms with Crippen molar-refractivity contribution in [2.75, 3.05) is 19.2 Å². The number of carbonyl (C=O) groups is 2. The summed E-state index contributed by atoms with van der Waals surface area (Å²) in [6.45, 7) is 3.91. The number of phenols is 1. The van der Waals surface area contributed by atoms with Gasteiger partial charge in [-0.3, -0.25) is 15.0 Å². The van der Waals surface area contributed by atoms with Crippen LogP contribution in [0.25, 0.3) is 6.08 Å². The highest BCUT2D eigenvalue weighted by Gasteiger charge is 2.34. The minimum absolute atomic E-state index is 0.0250. The maximum Gasteiger partial charge on any atom is 0.282 e. The fraction of sp³-hybridized carbons (Fsp3) is 0.200. The Morgan fingerprint density at radius 1 is 1.00 bits per heavy atom. The molecule has 0 bridgehead atoms. The van der Waals surface area contributed by atoms with Crippen molar-refractivity contribution in [3.63, 3.8) is 0 Å². The van der Waals surface area contributed by atoms with Gasteiger partial charge >= 0.3 is 0 Å². The maximum atomic E-state index is 12.8. The Morgan fingerprint density at radius 3 is 2.19 bits per heavy atom. The van der Waals surface area contributed by atoms with Crippen LogP contribution in [0.1, 0.15) is 16.7 Å². The highest BCUT2D eigenvalue weighted by molar-refractivity contribution is 6.31. The Kier molecular flexibility index (Phi) is 4.77. The van der Waals surface area contributed by atoms with E-state index in [0.717, 1.165) is 11.1 Å². The SMILES string of the molecule is COc1cc(C=C2C(=O)NN(c3ccc(C)c(C)c3)C2=O)cc(OC)c1O. The zero-order chi connectivity index (χ0) is 19.7. The third-order valence-electron chi connectivity index (χ3n) is 4.45. The lowest BCUT2D eigenvalue weighted by molar-refractivity contribution is -0.117. The van der Waals surface area contributed by atoms with Gasteiger partial charge < -0.3 is 14.6 Å². The molecule has 1 heterocycles. The molecule has 0 aliphatic carbocycles. The fourth-order valence-corrected chi connectivity index (χ4v) is 2.77. The lowest BCUT2D eigenvalue weighted by atomic mass is 10.1. The average Bonchev–Trinajstić information content (AvgIpc) is 2.93. The Balaban J connectivity index is 1.99. The number of amides is 2. The van der Waals surface area contributed by atoms with E-state index in [4.69, 9.17) is 9.47 Å². The number of anilines is 1. The molecule has 140 valence electrons. The molecule has 2 amide bonds. The number of phenolic OH excluding ortho intramolecular Hbond substituents is 1. The molecule has 0 saturated carbocycles. The van der Waals surface area contributed by atoms with E-state index in [1.165, 1.54) is 37.4 Å². The Labute approximate surface area is 156 Å². The summed E-state index contributed by atoms with van der Waals surface area (Å²) in [6.07, 6.45) is 1.43. The predicted molar refractivity (Wildman–Crippen MR) is 101 cm³/mol. The summed E-state index contributed by atoms with van der Waals surface area (Å²) in [4.78, 5) is 25.1. The topological polar surface area (TPSA) is 88.1 Å². The molecule has 2 N–H and O–H groups in total. The first-order valence-electron chi connectivity index (χ1n) is 8.25. The number of aromatic hydroxyl groups is 1. The number of hydrazine groups is 1. The molecule has 2 aromatic rings. The highest BCUT2D eigenvalue weighted by Crippen LogP contribution is 2.38. The second kappa shape index (κ2) is 7.03. The number of carbonyl (C=O) groups excluding carboxylic acids is 2. The molecule has 1 aliphatic rings. The fourth-order valence-electron chi connectivity index (χ4n) is 2.77. The molecule has 3 rings (SSSR count). The third-order valence-corrected chi connectivity index (χ3v) is 4.45. The van der Waals surface area contributed by atoms with Crippen molar-refractivity contribution < 1.29 is 24.2 Å². The Morgan fingerprint density at radius 2 is 1.63 bits per heavy atom. The third kappa shape index (κ3) is 3.31. The normalized spacial score (nSPS) is 15.3. The molecule has 0 unspecified atom stereocenters. The molecule has 1 saturated heterocycles.